The van der Waals surface area contributed by atoms with Gasteiger partial charge in [-0.1, -0.05) is 0 Å². The number of benzene rings is 2. The van der Waals surface area contributed by atoms with Gasteiger partial charge < -0.3 is 49.3 Å². The molecule has 3 aromatic rings. The highest BCUT2D eigenvalue weighted by molar-refractivity contribution is 5.86. The highest BCUT2D eigenvalue weighted by atomic mass is 16.7. The number of rotatable bonds is 5. The fourth-order valence-electron chi connectivity index (χ4n) is 3.78. The number of ether oxygens (including phenoxy) is 3. The Bertz CT molecular complexity index is 1240. The van der Waals surface area contributed by atoms with E-state index in [-0.39, 0.29) is 39.5 Å². The van der Waals surface area contributed by atoms with Gasteiger partial charge in [-0.15, -0.1) is 0 Å². The lowest BCUT2D eigenvalue weighted by molar-refractivity contribution is -0.268. The zero-order chi connectivity index (χ0) is 24.7. The maximum atomic E-state index is 12.7. The summed E-state index contributed by atoms with van der Waals surface area (Å²) < 4.78 is 21.9. The summed E-state index contributed by atoms with van der Waals surface area (Å²) in [5.41, 5.74) is -0.163. The van der Waals surface area contributed by atoms with Gasteiger partial charge in [0.15, 0.2) is 16.9 Å². The van der Waals surface area contributed by atoms with Crippen LogP contribution in [0.5, 0.6) is 23.0 Å². The number of aliphatic hydroxyl groups excluding tert-OH is 4. The van der Waals surface area contributed by atoms with Gasteiger partial charge in [-0.05, 0) is 19.1 Å². The molecule has 5 atom stereocenters. The Morgan fingerprint density at radius 1 is 1.00 bits per heavy atom. The maximum absolute atomic E-state index is 12.7. The first kappa shape index (κ1) is 23.8. The predicted molar refractivity (Wildman–Crippen MR) is 117 cm³/mol. The molecule has 0 saturated carbocycles. The molecule has 1 saturated heterocycles. The van der Waals surface area contributed by atoms with Gasteiger partial charge in [0.25, 0.3) is 0 Å². The van der Waals surface area contributed by atoms with E-state index >= 15 is 0 Å². The minimum atomic E-state index is -1.58. The van der Waals surface area contributed by atoms with E-state index in [0.29, 0.717) is 5.56 Å². The van der Waals surface area contributed by atoms with Crippen LogP contribution in [0.4, 0.5) is 0 Å². The fraction of sp³-hybridized carbons (Fsp3) is 0.348. The number of hydrogen-bond acceptors (Lipinski definition) is 11. The highest BCUT2D eigenvalue weighted by Gasteiger charge is 2.43. The van der Waals surface area contributed by atoms with E-state index in [2.05, 4.69) is 0 Å². The number of fused-ring (bicyclic) bond motifs is 1. The SMILES string of the molecule is COc1cc(-c2cc(=O)c3c(O)cc(O[C@@H]4OC(C)[C@@H](O)[C@H](O)C4O)cc3o2)cc(CO)c1O. The van der Waals surface area contributed by atoms with Gasteiger partial charge >= 0.3 is 0 Å². The quantitative estimate of drug-likeness (QED) is 0.303. The molecule has 34 heavy (non-hydrogen) atoms. The van der Waals surface area contributed by atoms with Crippen molar-refractivity contribution in [3.8, 4) is 34.3 Å². The van der Waals surface area contributed by atoms with Crippen molar-refractivity contribution in [3.63, 3.8) is 0 Å². The molecule has 11 nitrogen and oxygen atoms in total. The van der Waals surface area contributed by atoms with Crippen molar-refractivity contribution in [1.82, 2.24) is 0 Å². The van der Waals surface area contributed by atoms with Crippen LogP contribution in [0.15, 0.2) is 39.5 Å². The fourth-order valence-corrected chi connectivity index (χ4v) is 3.78. The summed E-state index contributed by atoms with van der Waals surface area (Å²) in [6.07, 6.45) is -6.62. The highest BCUT2D eigenvalue weighted by Crippen LogP contribution is 2.37. The van der Waals surface area contributed by atoms with Gasteiger partial charge in [-0.25, -0.2) is 0 Å². The molecule has 2 aromatic carbocycles. The third-order valence-electron chi connectivity index (χ3n) is 5.67. The van der Waals surface area contributed by atoms with Crippen molar-refractivity contribution < 1.29 is 49.3 Å². The van der Waals surface area contributed by atoms with E-state index < -0.39 is 48.5 Å². The lowest BCUT2D eigenvalue weighted by atomic mass is 10.00. The molecule has 11 heteroatoms. The summed E-state index contributed by atoms with van der Waals surface area (Å²) in [6.45, 7) is 1.00. The molecule has 0 aliphatic carbocycles. The second-order valence-electron chi connectivity index (χ2n) is 7.93. The Labute approximate surface area is 192 Å². The predicted octanol–water partition coefficient (Wildman–Crippen LogP) is 0.578. The second-order valence-corrected chi connectivity index (χ2v) is 7.93. The van der Waals surface area contributed by atoms with Crippen LogP contribution in [0.25, 0.3) is 22.3 Å². The Morgan fingerprint density at radius 3 is 2.41 bits per heavy atom. The summed E-state index contributed by atoms with van der Waals surface area (Å²) in [5.74, 6) is -0.626. The van der Waals surface area contributed by atoms with Crippen LogP contribution in [-0.2, 0) is 11.3 Å². The van der Waals surface area contributed by atoms with Crippen molar-refractivity contribution in [2.24, 2.45) is 0 Å². The summed E-state index contributed by atoms with van der Waals surface area (Å²) >= 11 is 0. The molecule has 1 aliphatic rings. The standard InChI is InChI=1S/C23H24O11/c1-9-19(27)21(29)22(30)23(32-9)33-12-5-13(25)18-14(26)7-15(34-16(18)6-12)10-3-11(8-24)20(28)17(4-10)31-2/h3-7,9,19,21-25,27-30H,8H2,1-2H3/t9?,19-,21+,22?,23+/m1/s1. The normalized spacial score (nSPS) is 24.8. The zero-order valence-electron chi connectivity index (χ0n) is 18.2. The molecule has 0 radical (unpaired) electrons. The number of methoxy groups -OCH3 is 1. The van der Waals surface area contributed by atoms with Gasteiger partial charge in [0, 0.05) is 29.3 Å². The van der Waals surface area contributed by atoms with Crippen molar-refractivity contribution in [3.05, 3.63) is 46.1 Å². The van der Waals surface area contributed by atoms with E-state index in [1.807, 2.05) is 0 Å². The van der Waals surface area contributed by atoms with E-state index in [1.165, 1.54) is 32.2 Å². The molecule has 182 valence electrons. The van der Waals surface area contributed by atoms with Crippen LogP contribution >= 0.6 is 0 Å². The van der Waals surface area contributed by atoms with Crippen LogP contribution < -0.4 is 14.9 Å². The van der Waals surface area contributed by atoms with Gasteiger partial charge in [0.05, 0.1) is 19.8 Å². The maximum Gasteiger partial charge on any atom is 0.229 e. The van der Waals surface area contributed by atoms with Crippen LogP contribution in [-0.4, -0.2) is 68.5 Å². The van der Waals surface area contributed by atoms with Crippen molar-refractivity contribution in [1.29, 1.82) is 0 Å². The van der Waals surface area contributed by atoms with Crippen LogP contribution in [0.3, 0.4) is 0 Å². The van der Waals surface area contributed by atoms with E-state index in [0.717, 1.165) is 12.1 Å². The summed E-state index contributed by atoms with van der Waals surface area (Å²) in [5, 5.41) is 59.9. The molecule has 2 heterocycles. The van der Waals surface area contributed by atoms with Crippen LogP contribution in [0.1, 0.15) is 12.5 Å². The lowest BCUT2D eigenvalue weighted by Gasteiger charge is -2.38. The first-order valence-electron chi connectivity index (χ1n) is 10.3. The molecule has 4 rings (SSSR count). The lowest BCUT2D eigenvalue weighted by Crippen LogP contribution is -2.58. The van der Waals surface area contributed by atoms with Crippen LogP contribution in [0.2, 0.25) is 0 Å². The molecular formula is C23H24O11. The Morgan fingerprint density at radius 2 is 1.74 bits per heavy atom. The first-order valence-corrected chi connectivity index (χ1v) is 10.3. The van der Waals surface area contributed by atoms with Gasteiger partial charge in [-0.3, -0.25) is 4.79 Å². The smallest absolute Gasteiger partial charge is 0.229 e. The zero-order valence-corrected chi connectivity index (χ0v) is 18.2. The number of phenols is 2. The minimum Gasteiger partial charge on any atom is -0.507 e. The Hall–Kier alpha value is -3.35. The number of phenolic OH excluding ortho intramolecular Hbond substituents is 1. The average molecular weight is 476 g/mol. The van der Waals surface area contributed by atoms with Crippen molar-refractivity contribution in [2.75, 3.05) is 7.11 Å². The van der Waals surface area contributed by atoms with Crippen LogP contribution in [0, 0.1) is 0 Å². The van der Waals surface area contributed by atoms with Gasteiger partial charge in [-0.2, -0.15) is 0 Å². The summed E-state index contributed by atoms with van der Waals surface area (Å²) in [7, 11) is 1.33. The molecule has 6 N–H and O–H groups in total. The van der Waals surface area contributed by atoms with E-state index in [4.69, 9.17) is 18.6 Å². The topological polar surface area (TPSA) is 179 Å². The molecule has 2 unspecified atom stereocenters. The third kappa shape index (κ3) is 4.15. The van der Waals surface area contributed by atoms with Gasteiger partial charge in [0.2, 0.25) is 6.29 Å². The van der Waals surface area contributed by atoms with Gasteiger partial charge in [0.1, 0.15) is 46.5 Å². The number of aliphatic hydroxyl groups is 4. The van der Waals surface area contributed by atoms with Crippen molar-refractivity contribution in [2.45, 2.75) is 44.2 Å². The summed E-state index contributed by atoms with van der Waals surface area (Å²) in [4.78, 5) is 12.7. The molecular weight excluding hydrogens is 452 g/mol. The Balaban J connectivity index is 1.76. The second kappa shape index (κ2) is 9.12. The number of hydrogen-bond donors (Lipinski definition) is 6. The summed E-state index contributed by atoms with van der Waals surface area (Å²) in [6, 6.07) is 6.40. The third-order valence-corrected chi connectivity index (χ3v) is 5.67. The molecule has 1 aromatic heterocycles. The Kier molecular flexibility index (Phi) is 6.39. The monoisotopic (exact) mass is 476 g/mol. The molecule has 0 amide bonds. The largest absolute Gasteiger partial charge is 0.507 e. The molecule has 1 aliphatic heterocycles. The van der Waals surface area contributed by atoms with E-state index in [1.54, 1.807) is 0 Å². The van der Waals surface area contributed by atoms with E-state index in [9.17, 15) is 35.4 Å². The molecule has 0 spiro atoms. The number of aromatic hydroxyl groups is 2. The molecule has 1 fully saturated rings. The molecule has 0 bridgehead atoms. The first-order chi connectivity index (χ1) is 16.1. The minimum absolute atomic E-state index is 0.0375. The average Bonchev–Trinajstić information content (AvgIpc) is 2.80. The van der Waals surface area contributed by atoms with Crippen molar-refractivity contribution >= 4 is 11.0 Å².